The van der Waals surface area contributed by atoms with Gasteiger partial charge in [-0.1, -0.05) is 47.5 Å². The molecule has 2 aromatic carbocycles. The van der Waals surface area contributed by atoms with Crippen LogP contribution < -0.4 is 0 Å². The van der Waals surface area contributed by atoms with Crippen molar-refractivity contribution < 1.29 is 9.90 Å². The van der Waals surface area contributed by atoms with Gasteiger partial charge in [-0.05, 0) is 24.3 Å². The summed E-state index contributed by atoms with van der Waals surface area (Å²) >= 11 is 12.1. The van der Waals surface area contributed by atoms with Gasteiger partial charge in [0.2, 0.25) is 0 Å². The number of benzene rings is 2. The number of rotatable bonds is 2. The first-order chi connectivity index (χ1) is 10.1. The van der Waals surface area contributed by atoms with E-state index >= 15 is 0 Å². The van der Waals surface area contributed by atoms with Gasteiger partial charge in [0, 0.05) is 16.0 Å². The van der Waals surface area contributed by atoms with E-state index in [1.165, 1.54) is 6.07 Å². The van der Waals surface area contributed by atoms with E-state index in [-0.39, 0.29) is 5.56 Å². The summed E-state index contributed by atoms with van der Waals surface area (Å²) in [5.74, 6) is -1.02. The van der Waals surface area contributed by atoms with Crippen molar-refractivity contribution in [2.45, 2.75) is 0 Å². The van der Waals surface area contributed by atoms with E-state index in [0.717, 1.165) is 5.56 Å². The molecule has 3 rings (SSSR count). The molecule has 1 N–H and O–H groups in total. The monoisotopic (exact) mass is 317 g/mol. The third-order valence-electron chi connectivity index (χ3n) is 3.14. The van der Waals surface area contributed by atoms with Gasteiger partial charge in [-0.25, -0.2) is 9.78 Å². The van der Waals surface area contributed by atoms with E-state index in [9.17, 15) is 9.90 Å². The Balaban J connectivity index is 2.35. The molecule has 1 aromatic heterocycles. The summed E-state index contributed by atoms with van der Waals surface area (Å²) in [6.45, 7) is 0. The topological polar surface area (TPSA) is 50.2 Å². The fourth-order valence-corrected chi connectivity index (χ4v) is 2.59. The summed E-state index contributed by atoms with van der Waals surface area (Å²) in [5.41, 5.74) is 1.90. The lowest BCUT2D eigenvalue weighted by Crippen LogP contribution is -2.00. The lowest BCUT2D eigenvalue weighted by molar-refractivity contribution is 0.0699. The van der Waals surface area contributed by atoms with Crippen LogP contribution in [-0.4, -0.2) is 16.1 Å². The number of halogens is 2. The quantitative estimate of drug-likeness (QED) is 0.730. The summed E-state index contributed by atoms with van der Waals surface area (Å²) in [6.07, 6.45) is 0. The lowest BCUT2D eigenvalue weighted by atomic mass is 10.0. The first-order valence-electron chi connectivity index (χ1n) is 6.15. The van der Waals surface area contributed by atoms with Crippen molar-refractivity contribution in [2.75, 3.05) is 0 Å². The van der Waals surface area contributed by atoms with E-state index in [1.807, 2.05) is 6.07 Å². The minimum absolute atomic E-state index is 0.164. The Labute approximate surface area is 130 Å². The van der Waals surface area contributed by atoms with Gasteiger partial charge in [0.05, 0.1) is 21.8 Å². The van der Waals surface area contributed by atoms with Gasteiger partial charge < -0.3 is 5.11 Å². The SMILES string of the molecule is O=C(O)c1cc(-c2cccc(Cl)c2)nc2c(Cl)cccc12. The van der Waals surface area contributed by atoms with Crippen LogP contribution in [0.4, 0.5) is 0 Å². The van der Waals surface area contributed by atoms with Gasteiger partial charge >= 0.3 is 5.97 Å². The zero-order valence-electron chi connectivity index (χ0n) is 10.7. The molecule has 0 radical (unpaired) electrons. The highest BCUT2D eigenvalue weighted by atomic mass is 35.5. The Hall–Kier alpha value is -2.10. The number of fused-ring (bicyclic) bond motifs is 1. The van der Waals surface area contributed by atoms with Crippen LogP contribution in [0.5, 0.6) is 0 Å². The van der Waals surface area contributed by atoms with E-state index < -0.39 is 5.97 Å². The van der Waals surface area contributed by atoms with Crippen LogP contribution in [-0.2, 0) is 0 Å². The van der Waals surface area contributed by atoms with Crippen molar-refractivity contribution in [3.8, 4) is 11.3 Å². The average Bonchev–Trinajstić information content (AvgIpc) is 2.46. The van der Waals surface area contributed by atoms with E-state index in [4.69, 9.17) is 23.2 Å². The van der Waals surface area contributed by atoms with Crippen LogP contribution in [0, 0.1) is 0 Å². The zero-order valence-corrected chi connectivity index (χ0v) is 12.2. The number of aromatic carboxylic acids is 1. The Morgan fingerprint density at radius 3 is 2.52 bits per heavy atom. The van der Waals surface area contributed by atoms with Gasteiger partial charge in [0.15, 0.2) is 0 Å². The first-order valence-corrected chi connectivity index (χ1v) is 6.90. The molecule has 0 saturated carbocycles. The molecule has 0 aliphatic heterocycles. The predicted octanol–water partition coefficient (Wildman–Crippen LogP) is 4.91. The number of carboxylic acids is 1. The first kappa shape index (κ1) is 13.9. The molecule has 0 aliphatic rings. The van der Waals surface area contributed by atoms with Crippen LogP contribution in [0.1, 0.15) is 10.4 Å². The normalized spacial score (nSPS) is 10.8. The number of carboxylic acid groups (broad SMARTS) is 1. The van der Waals surface area contributed by atoms with Gasteiger partial charge in [-0.2, -0.15) is 0 Å². The number of hydrogen-bond acceptors (Lipinski definition) is 2. The third-order valence-corrected chi connectivity index (χ3v) is 3.68. The van der Waals surface area contributed by atoms with Crippen LogP contribution in [0.2, 0.25) is 10.0 Å². The van der Waals surface area contributed by atoms with E-state index in [2.05, 4.69) is 4.98 Å². The molecule has 5 heteroatoms. The molecular formula is C16H9Cl2NO2. The van der Waals surface area contributed by atoms with Crippen LogP contribution in [0.15, 0.2) is 48.5 Å². The van der Waals surface area contributed by atoms with E-state index in [1.54, 1.807) is 36.4 Å². The molecule has 0 atom stereocenters. The summed E-state index contributed by atoms with van der Waals surface area (Å²) in [4.78, 5) is 16.0. The standard InChI is InChI=1S/C16H9Cl2NO2/c17-10-4-1-3-9(7-10)14-8-12(16(20)21)11-5-2-6-13(18)15(11)19-14/h1-8H,(H,20,21). The Kier molecular flexibility index (Phi) is 3.53. The van der Waals surface area contributed by atoms with Gasteiger partial charge in [-0.3, -0.25) is 0 Å². The fourth-order valence-electron chi connectivity index (χ4n) is 2.19. The number of pyridine rings is 1. The number of carbonyl (C=O) groups is 1. The minimum atomic E-state index is -1.02. The zero-order chi connectivity index (χ0) is 15.0. The molecule has 3 aromatic rings. The Morgan fingerprint density at radius 2 is 1.81 bits per heavy atom. The third kappa shape index (κ3) is 2.58. The maximum absolute atomic E-state index is 11.5. The van der Waals surface area contributed by atoms with Crippen molar-refractivity contribution in [2.24, 2.45) is 0 Å². The summed E-state index contributed by atoms with van der Waals surface area (Å²) < 4.78 is 0. The van der Waals surface area contributed by atoms with Crippen molar-refractivity contribution in [1.29, 1.82) is 0 Å². The molecule has 0 unspecified atom stereocenters. The largest absolute Gasteiger partial charge is 0.478 e. The number of aromatic nitrogens is 1. The average molecular weight is 318 g/mol. The second kappa shape index (κ2) is 5.35. The summed E-state index contributed by atoms with van der Waals surface area (Å²) in [5, 5.41) is 10.9. The second-order valence-corrected chi connectivity index (χ2v) is 5.35. The molecule has 0 amide bonds. The highest BCUT2D eigenvalue weighted by Gasteiger charge is 2.14. The smallest absolute Gasteiger partial charge is 0.336 e. The molecule has 3 nitrogen and oxygen atoms in total. The van der Waals surface area contributed by atoms with Gasteiger partial charge in [0.1, 0.15) is 0 Å². The molecule has 0 aliphatic carbocycles. The molecule has 104 valence electrons. The Bertz CT molecular complexity index is 862. The predicted molar refractivity (Wildman–Crippen MR) is 84.2 cm³/mol. The molecule has 0 spiro atoms. The lowest BCUT2D eigenvalue weighted by Gasteiger charge is -2.08. The number of nitrogens with zero attached hydrogens (tertiary/aromatic N) is 1. The summed E-state index contributed by atoms with van der Waals surface area (Å²) in [6, 6.07) is 13.7. The molecule has 0 bridgehead atoms. The molecule has 1 heterocycles. The summed E-state index contributed by atoms with van der Waals surface area (Å²) in [7, 11) is 0. The van der Waals surface area contributed by atoms with Crippen LogP contribution in [0.3, 0.4) is 0 Å². The Morgan fingerprint density at radius 1 is 1.05 bits per heavy atom. The molecule has 0 saturated heterocycles. The molecule has 0 fully saturated rings. The second-order valence-electron chi connectivity index (χ2n) is 4.51. The minimum Gasteiger partial charge on any atom is -0.478 e. The fraction of sp³-hybridized carbons (Fsp3) is 0. The van der Waals surface area contributed by atoms with Gasteiger partial charge in [0.25, 0.3) is 0 Å². The maximum atomic E-state index is 11.5. The van der Waals surface area contributed by atoms with Crippen molar-refractivity contribution in [1.82, 2.24) is 4.98 Å². The van der Waals surface area contributed by atoms with Gasteiger partial charge in [-0.15, -0.1) is 0 Å². The van der Waals surface area contributed by atoms with E-state index in [0.29, 0.717) is 26.6 Å². The maximum Gasteiger partial charge on any atom is 0.336 e. The van der Waals surface area contributed by atoms with Crippen molar-refractivity contribution >= 4 is 40.1 Å². The highest BCUT2D eigenvalue weighted by Crippen LogP contribution is 2.29. The highest BCUT2D eigenvalue weighted by molar-refractivity contribution is 6.35. The van der Waals surface area contributed by atoms with Crippen LogP contribution in [0.25, 0.3) is 22.2 Å². The van der Waals surface area contributed by atoms with Crippen LogP contribution >= 0.6 is 23.2 Å². The molecule has 21 heavy (non-hydrogen) atoms. The number of para-hydroxylation sites is 1. The van der Waals surface area contributed by atoms with Crippen molar-refractivity contribution in [3.05, 3.63) is 64.1 Å². The molecular weight excluding hydrogens is 309 g/mol. The van der Waals surface area contributed by atoms with Crippen molar-refractivity contribution in [3.63, 3.8) is 0 Å². The number of hydrogen-bond donors (Lipinski definition) is 1.